The van der Waals surface area contributed by atoms with Crippen molar-refractivity contribution in [1.29, 1.82) is 0 Å². The van der Waals surface area contributed by atoms with Crippen LogP contribution in [0.1, 0.15) is 19.8 Å². The molecular weight excluding hydrogens is 192 g/mol. The normalized spacial score (nSPS) is 24.6. The Labute approximate surface area is 88.1 Å². The molecule has 0 aromatic heterocycles. The lowest BCUT2D eigenvalue weighted by Gasteiger charge is -2.11. The Morgan fingerprint density at radius 2 is 2.40 bits per heavy atom. The van der Waals surface area contributed by atoms with Crippen molar-refractivity contribution >= 4 is 11.8 Å². The molecule has 0 spiro atoms. The highest BCUT2D eigenvalue weighted by Gasteiger charge is 2.36. The maximum absolute atomic E-state index is 11.6. The summed E-state index contributed by atoms with van der Waals surface area (Å²) in [4.78, 5) is 23.0. The van der Waals surface area contributed by atoms with Crippen molar-refractivity contribution in [2.75, 3.05) is 0 Å². The van der Waals surface area contributed by atoms with E-state index in [1.165, 1.54) is 6.08 Å². The second kappa shape index (κ2) is 3.85. The molecule has 0 amide bonds. The molecule has 0 bridgehead atoms. The van der Waals surface area contributed by atoms with Gasteiger partial charge in [-0.1, -0.05) is 18.2 Å². The average Bonchev–Trinajstić information content (AvgIpc) is 2.58. The standard InChI is InChI=1S/C12H12O3/c1-2-5-10(13)11-8-6-3-4-7-9(8)12(14)15-11/h2,4-5,7,11H,3,6H2,1H3/b5-2+. The fourth-order valence-electron chi connectivity index (χ4n) is 1.88. The van der Waals surface area contributed by atoms with Crippen LogP contribution in [0.2, 0.25) is 0 Å². The molecule has 0 saturated heterocycles. The summed E-state index contributed by atoms with van der Waals surface area (Å²) in [7, 11) is 0. The number of allylic oxidation sites excluding steroid dienone is 2. The van der Waals surface area contributed by atoms with Gasteiger partial charge >= 0.3 is 5.97 Å². The minimum absolute atomic E-state index is 0.147. The van der Waals surface area contributed by atoms with Crippen molar-refractivity contribution in [3.63, 3.8) is 0 Å². The summed E-state index contributed by atoms with van der Waals surface area (Å²) in [5.74, 6) is -0.519. The number of esters is 1. The third kappa shape index (κ3) is 1.65. The summed E-state index contributed by atoms with van der Waals surface area (Å²) in [6.45, 7) is 1.77. The smallest absolute Gasteiger partial charge is 0.339 e. The predicted molar refractivity (Wildman–Crippen MR) is 55.1 cm³/mol. The van der Waals surface area contributed by atoms with Gasteiger partial charge in [0.05, 0.1) is 5.57 Å². The Morgan fingerprint density at radius 3 is 3.13 bits per heavy atom. The van der Waals surface area contributed by atoms with Crippen LogP contribution in [0.25, 0.3) is 0 Å². The van der Waals surface area contributed by atoms with Crippen molar-refractivity contribution in [3.05, 3.63) is 35.5 Å². The lowest BCUT2D eigenvalue weighted by atomic mass is 9.93. The third-order valence-electron chi connectivity index (χ3n) is 2.56. The predicted octanol–water partition coefficient (Wildman–Crippen LogP) is 1.70. The van der Waals surface area contributed by atoms with Crippen molar-refractivity contribution in [2.24, 2.45) is 0 Å². The summed E-state index contributed by atoms with van der Waals surface area (Å²) >= 11 is 0. The average molecular weight is 204 g/mol. The van der Waals surface area contributed by atoms with Crippen LogP contribution in [0.15, 0.2) is 35.5 Å². The second-order valence-electron chi connectivity index (χ2n) is 3.57. The van der Waals surface area contributed by atoms with Gasteiger partial charge in [0, 0.05) is 0 Å². The highest BCUT2D eigenvalue weighted by molar-refractivity contribution is 6.05. The molecule has 0 N–H and O–H groups in total. The quantitative estimate of drug-likeness (QED) is 0.508. The maximum Gasteiger partial charge on any atom is 0.339 e. The van der Waals surface area contributed by atoms with Crippen LogP contribution in [0.4, 0.5) is 0 Å². The molecule has 0 aromatic carbocycles. The Balaban J connectivity index is 2.30. The summed E-state index contributed by atoms with van der Waals surface area (Å²) in [5.41, 5.74) is 1.41. The first-order valence-corrected chi connectivity index (χ1v) is 5.01. The molecule has 0 fully saturated rings. The first-order valence-electron chi connectivity index (χ1n) is 5.01. The van der Waals surface area contributed by atoms with E-state index in [0.29, 0.717) is 5.57 Å². The number of ketones is 1. The van der Waals surface area contributed by atoms with Gasteiger partial charge in [0.25, 0.3) is 0 Å². The molecule has 3 heteroatoms. The Bertz CT molecular complexity index is 399. The van der Waals surface area contributed by atoms with Gasteiger partial charge in [0.15, 0.2) is 11.9 Å². The molecule has 3 nitrogen and oxygen atoms in total. The highest BCUT2D eigenvalue weighted by Crippen LogP contribution is 2.31. The molecule has 0 aromatic rings. The zero-order valence-corrected chi connectivity index (χ0v) is 8.53. The van der Waals surface area contributed by atoms with Gasteiger partial charge in [-0.2, -0.15) is 0 Å². The lowest BCUT2D eigenvalue weighted by molar-refractivity contribution is -0.144. The third-order valence-corrected chi connectivity index (χ3v) is 2.56. The van der Waals surface area contributed by atoms with Gasteiger partial charge in [-0.05, 0) is 31.4 Å². The van der Waals surface area contributed by atoms with Gasteiger partial charge in [-0.15, -0.1) is 0 Å². The van der Waals surface area contributed by atoms with Crippen LogP contribution < -0.4 is 0 Å². The van der Waals surface area contributed by atoms with Gasteiger partial charge in [-0.25, -0.2) is 4.79 Å². The minimum atomic E-state index is -0.673. The Hall–Kier alpha value is -1.64. The number of ether oxygens (including phenoxy) is 1. The summed E-state index contributed by atoms with van der Waals surface area (Å²) in [6, 6.07) is 0. The highest BCUT2D eigenvalue weighted by atomic mass is 16.6. The largest absolute Gasteiger partial charge is 0.446 e. The van der Waals surface area contributed by atoms with E-state index in [9.17, 15) is 9.59 Å². The van der Waals surface area contributed by atoms with Gasteiger partial charge in [0.1, 0.15) is 0 Å². The molecule has 1 aliphatic carbocycles. The monoisotopic (exact) mass is 204 g/mol. The molecule has 0 radical (unpaired) electrons. The Morgan fingerprint density at radius 1 is 1.60 bits per heavy atom. The van der Waals surface area contributed by atoms with Crippen molar-refractivity contribution < 1.29 is 14.3 Å². The number of hydrogen-bond donors (Lipinski definition) is 0. The summed E-state index contributed by atoms with van der Waals surface area (Å²) in [5, 5.41) is 0. The number of carbonyl (C=O) groups excluding carboxylic acids is 2. The Kier molecular flexibility index (Phi) is 2.54. The molecule has 1 unspecified atom stereocenters. The minimum Gasteiger partial charge on any atom is -0.446 e. The SMILES string of the molecule is C/C=C/C(=O)C1OC(=O)C2=C1CCC=C2. The van der Waals surface area contributed by atoms with Crippen LogP contribution in [0.5, 0.6) is 0 Å². The van der Waals surface area contributed by atoms with Crippen LogP contribution >= 0.6 is 0 Å². The first kappa shape index (κ1) is 9.90. The zero-order chi connectivity index (χ0) is 10.8. The van der Waals surface area contributed by atoms with Crippen molar-refractivity contribution in [3.8, 4) is 0 Å². The zero-order valence-electron chi connectivity index (χ0n) is 8.53. The van der Waals surface area contributed by atoms with Gasteiger partial charge < -0.3 is 4.74 Å². The molecule has 15 heavy (non-hydrogen) atoms. The maximum atomic E-state index is 11.6. The van der Waals surface area contributed by atoms with Crippen LogP contribution in [0.3, 0.4) is 0 Å². The number of rotatable bonds is 2. The first-order chi connectivity index (χ1) is 7.24. The van der Waals surface area contributed by atoms with E-state index in [2.05, 4.69) is 0 Å². The van der Waals surface area contributed by atoms with E-state index in [4.69, 9.17) is 4.74 Å². The molecule has 1 heterocycles. The number of hydrogen-bond acceptors (Lipinski definition) is 3. The van der Waals surface area contributed by atoms with Crippen molar-refractivity contribution in [1.82, 2.24) is 0 Å². The van der Waals surface area contributed by atoms with Crippen LogP contribution in [0, 0.1) is 0 Å². The van der Waals surface area contributed by atoms with E-state index in [-0.39, 0.29) is 11.8 Å². The fourth-order valence-corrected chi connectivity index (χ4v) is 1.88. The topological polar surface area (TPSA) is 43.4 Å². The van der Waals surface area contributed by atoms with Gasteiger partial charge in [-0.3, -0.25) is 4.79 Å². The van der Waals surface area contributed by atoms with Gasteiger partial charge in [0.2, 0.25) is 0 Å². The van der Waals surface area contributed by atoms with E-state index < -0.39 is 6.10 Å². The van der Waals surface area contributed by atoms with E-state index in [0.717, 1.165) is 18.4 Å². The van der Waals surface area contributed by atoms with E-state index in [1.807, 2.05) is 6.08 Å². The molecule has 2 rings (SSSR count). The molecule has 1 aliphatic heterocycles. The number of cyclic esters (lactones) is 1. The molecule has 78 valence electrons. The van der Waals surface area contributed by atoms with Crippen molar-refractivity contribution in [2.45, 2.75) is 25.9 Å². The van der Waals surface area contributed by atoms with E-state index in [1.54, 1.807) is 19.1 Å². The molecule has 0 saturated carbocycles. The fraction of sp³-hybridized carbons (Fsp3) is 0.333. The molecule has 2 aliphatic rings. The molecule has 1 atom stereocenters. The van der Waals surface area contributed by atoms with Crippen LogP contribution in [-0.4, -0.2) is 17.9 Å². The molecular formula is C12H12O3. The second-order valence-corrected chi connectivity index (χ2v) is 3.57. The summed E-state index contributed by atoms with van der Waals surface area (Å²) in [6.07, 6.45) is 7.74. The van der Waals surface area contributed by atoms with Crippen LogP contribution in [-0.2, 0) is 14.3 Å². The lowest BCUT2D eigenvalue weighted by Crippen LogP contribution is -2.21. The number of carbonyl (C=O) groups is 2. The van der Waals surface area contributed by atoms with E-state index >= 15 is 0 Å². The summed E-state index contributed by atoms with van der Waals surface area (Å²) < 4.78 is 5.06.